The number of carbonyl (C=O) groups is 2. The molecular formula is C13H25NaO4. The van der Waals surface area contributed by atoms with Crippen molar-refractivity contribution < 1.29 is 50.4 Å². The topological polar surface area (TPSA) is 63.6 Å². The predicted molar refractivity (Wildman–Crippen MR) is 66.5 cm³/mol. The van der Waals surface area contributed by atoms with E-state index in [0.717, 1.165) is 19.3 Å². The molecule has 0 heterocycles. The van der Waals surface area contributed by atoms with Gasteiger partial charge in [-0.05, 0) is 13.3 Å². The molecule has 1 atom stereocenters. The minimum absolute atomic E-state index is 0. The zero-order valence-electron chi connectivity index (χ0n) is 12.9. The maximum atomic E-state index is 11.1. The standard InChI is InChI=1S/C13H24O4.Na.H/c1-3-4-5-6-7-8-9-10-12(15)17-13(16)11(2)14;;/h11,14H,3-10H2,1-2H3;;/q;+1;-1. The Kier molecular flexibility index (Phi) is 15.3. The van der Waals surface area contributed by atoms with E-state index in [4.69, 9.17) is 5.11 Å². The fourth-order valence-corrected chi connectivity index (χ4v) is 1.47. The van der Waals surface area contributed by atoms with Crippen molar-refractivity contribution in [1.29, 1.82) is 0 Å². The molecule has 0 aliphatic rings. The molecule has 18 heavy (non-hydrogen) atoms. The third-order valence-electron chi connectivity index (χ3n) is 2.54. The number of esters is 2. The van der Waals surface area contributed by atoms with Gasteiger partial charge in [-0.2, -0.15) is 0 Å². The molecule has 1 unspecified atom stereocenters. The average molecular weight is 268 g/mol. The Morgan fingerprint density at radius 1 is 1.11 bits per heavy atom. The van der Waals surface area contributed by atoms with E-state index in [-0.39, 0.29) is 37.4 Å². The summed E-state index contributed by atoms with van der Waals surface area (Å²) in [4.78, 5) is 22.0. The molecule has 0 bridgehead atoms. The first-order valence-corrected chi connectivity index (χ1v) is 6.50. The molecule has 0 saturated heterocycles. The molecule has 0 aromatic heterocycles. The molecule has 0 radical (unpaired) electrons. The van der Waals surface area contributed by atoms with Gasteiger partial charge in [-0.15, -0.1) is 0 Å². The number of unbranched alkanes of at least 4 members (excludes halogenated alkanes) is 6. The molecule has 0 aliphatic heterocycles. The second-order valence-electron chi connectivity index (χ2n) is 4.34. The maximum Gasteiger partial charge on any atom is 1.00 e. The number of aliphatic hydroxyl groups excluding tert-OH is 1. The van der Waals surface area contributed by atoms with E-state index in [2.05, 4.69) is 11.7 Å². The van der Waals surface area contributed by atoms with Crippen molar-refractivity contribution >= 4 is 11.9 Å². The van der Waals surface area contributed by atoms with Gasteiger partial charge in [0.05, 0.1) is 0 Å². The Hall–Kier alpha value is 0.1000. The van der Waals surface area contributed by atoms with Gasteiger partial charge in [-0.25, -0.2) is 4.79 Å². The summed E-state index contributed by atoms with van der Waals surface area (Å²) < 4.78 is 4.43. The summed E-state index contributed by atoms with van der Waals surface area (Å²) in [5.41, 5.74) is 0. The van der Waals surface area contributed by atoms with E-state index in [0.29, 0.717) is 0 Å². The minimum Gasteiger partial charge on any atom is -1.00 e. The van der Waals surface area contributed by atoms with Crippen LogP contribution in [0.15, 0.2) is 0 Å². The molecule has 1 N–H and O–H groups in total. The number of aliphatic hydroxyl groups is 1. The predicted octanol–water partition coefficient (Wildman–Crippen LogP) is -0.306. The van der Waals surface area contributed by atoms with Gasteiger partial charge in [0.1, 0.15) is 6.10 Å². The molecule has 0 aliphatic carbocycles. The molecule has 102 valence electrons. The summed E-state index contributed by atoms with van der Waals surface area (Å²) >= 11 is 0. The van der Waals surface area contributed by atoms with Crippen LogP contribution in [0.5, 0.6) is 0 Å². The Bertz CT molecular complexity index is 235. The van der Waals surface area contributed by atoms with Crippen molar-refractivity contribution in [2.45, 2.75) is 71.3 Å². The van der Waals surface area contributed by atoms with Gasteiger partial charge in [0.15, 0.2) is 0 Å². The van der Waals surface area contributed by atoms with Crippen molar-refractivity contribution in [2.75, 3.05) is 0 Å². The first-order chi connectivity index (χ1) is 8.07. The van der Waals surface area contributed by atoms with Crippen LogP contribution < -0.4 is 29.6 Å². The third kappa shape index (κ3) is 12.6. The normalized spacial score (nSPS) is 11.5. The van der Waals surface area contributed by atoms with Crippen LogP contribution in [0.2, 0.25) is 0 Å². The number of carbonyl (C=O) groups excluding carboxylic acids is 2. The second-order valence-corrected chi connectivity index (χ2v) is 4.34. The molecular weight excluding hydrogens is 243 g/mol. The van der Waals surface area contributed by atoms with Crippen molar-refractivity contribution in [3.05, 3.63) is 0 Å². The van der Waals surface area contributed by atoms with E-state index < -0.39 is 18.0 Å². The number of ether oxygens (including phenoxy) is 1. The van der Waals surface area contributed by atoms with Gasteiger partial charge in [-0.1, -0.05) is 45.4 Å². The van der Waals surface area contributed by atoms with Gasteiger partial charge >= 0.3 is 41.5 Å². The summed E-state index contributed by atoms with van der Waals surface area (Å²) in [6, 6.07) is 0. The van der Waals surface area contributed by atoms with Crippen LogP contribution in [0.3, 0.4) is 0 Å². The largest absolute Gasteiger partial charge is 1.00 e. The van der Waals surface area contributed by atoms with E-state index in [1.54, 1.807) is 0 Å². The summed E-state index contributed by atoms with van der Waals surface area (Å²) in [6.45, 7) is 3.46. The van der Waals surface area contributed by atoms with E-state index in [1.165, 1.54) is 32.6 Å². The fraction of sp³-hybridized carbons (Fsp3) is 0.846. The van der Waals surface area contributed by atoms with Gasteiger partial charge in [0, 0.05) is 6.42 Å². The van der Waals surface area contributed by atoms with E-state index in [1.807, 2.05) is 0 Å². The zero-order valence-corrected chi connectivity index (χ0v) is 13.9. The average Bonchev–Trinajstić information content (AvgIpc) is 2.27. The smallest absolute Gasteiger partial charge is 1.00 e. The van der Waals surface area contributed by atoms with Crippen LogP contribution in [0.1, 0.15) is 66.6 Å². The first-order valence-electron chi connectivity index (χ1n) is 6.50. The maximum absolute atomic E-state index is 11.1. The van der Waals surface area contributed by atoms with Gasteiger partial charge in [-0.3, -0.25) is 4.79 Å². The molecule has 0 rings (SSSR count). The first kappa shape index (κ1) is 20.4. The Labute approximate surface area is 133 Å². The van der Waals surface area contributed by atoms with Crippen LogP contribution in [0, 0.1) is 0 Å². The summed E-state index contributed by atoms with van der Waals surface area (Å²) in [5.74, 6) is -1.40. The van der Waals surface area contributed by atoms with Gasteiger partial charge in [0.2, 0.25) is 0 Å². The number of hydrogen-bond acceptors (Lipinski definition) is 4. The molecule has 0 fully saturated rings. The summed E-state index contributed by atoms with van der Waals surface area (Å²) in [6.07, 6.45) is 6.84. The Balaban J connectivity index is -0.00000128. The van der Waals surface area contributed by atoms with Gasteiger partial charge < -0.3 is 11.3 Å². The molecule has 0 spiro atoms. The van der Waals surface area contributed by atoms with Crippen molar-refractivity contribution in [3.8, 4) is 0 Å². The Morgan fingerprint density at radius 2 is 1.61 bits per heavy atom. The molecule has 5 heteroatoms. The third-order valence-corrected chi connectivity index (χ3v) is 2.54. The van der Waals surface area contributed by atoms with Crippen LogP contribution in [-0.2, 0) is 14.3 Å². The minimum atomic E-state index is -1.23. The molecule has 0 amide bonds. The quantitative estimate of drug-likeness (QED) is 0.270. The monoisotopic (exact) mass is 268 g/mol. The molecule has 0 saturated carbocycles. The summed E-state index contributed by atoms with van der Waals surface area (Å²) in [5, 5.41) is 8.84. The van der Waals surface area contributed by atoms with Crippen molar-refractivity contribution in [1.82, 2.24) is 0 Å². The van der Waals surface area contributed by atoms with Gasteiger partial charge in [0.25, 0.3) is 0 Å². The zero-order chi connectivity index (χ0) is 13.1. The van der Waals surface area contributed by atoms with E-state index in [9.17, 15) is 9.59 Å². The van der Waals surface area contributed by atoms with Crippen LogP contribution in [0.4, 0.5) is 0 Å². The van der Waals surface area contributed by atoms with Crippen LogP contribution in [0.25, 0.3) is 0 Å². The van der Waals surface area contributed by atoms with Crippen molar-refractivity contribution in [2.24, 2.45) is 0 Å². The summed E-state index contributed by atoms with van der Waals surface area (Å²) in [7, 11) is 0. The SMILES string of the molecule is CCCCCCCCCC(=O)OC(=O)C(C)O.[H-].[Na+]. The molecule has 0 aromatic carbocycles. The fourth-order valence-electron chi connectivity index (χ4n) is 1.47. The van der Waals surface area contributed by atoms with E-state index >= 15 is 0 Å². The Morgan fingerprint density at radius 3 is 2.11 bits per heavy atom. The number of hydrogen-bond donors (Lipinski definition) is 1. The molecule has 4 nitrogen and oxygen atoms in total. The van der Waals surface area contributed by atoms with Crippen LogP contribution >= 0.6 is 0 Å². The molecule has 0 aromatic rings. The van der Waals surface area contributed by atoms with Crippen molar-refractivity contribution in [3.63, 3.8) is 0 Å². The second kappa shape index (κ2) is 13.5. The number of rotatable bonds is 9. The van der Waals surface area contributed by atoms with Crippen LogP contribution in [-0.4, -0.2) is 23.1 Å².